The standard InChI is InChI=1S/C15H16N6O4S3/c1-3-28(23,24)21-11-6-4-10(5-7-11)13-18-20-15(25-13)26-8-12(22)16-14-19-17-9(2)27-14/h4-7,21H,3,8H2,1-2H3,(H,16,19,22). The third-order valence-electron chi connectivity index (χ3n) is 3.29. The lowest BCUT2D eigenvalue weighted by Crippen LogP contribution is -2.14. The SMILES string of the molecule is CCS(=O)(=O)Nc1ccc(-c2nnc(SCC(=O)Nc3nnc(C)s3)o2)cc1. The molecule has 1 amide bonds. The zero-order valence-electron chi connectivity index (χ0n) is 14.9. The molecule has 0 unspecified atom stereocenters. The third kappa shape index (κ3) is 5.50. The minimum Gasteiger partial charge on any atom is -0.411 e. The van der Waals surface area contributed by atoms with E-state index in [4.69, 9.17) is 4.42 Å². The van der Waals surface area contributed by atoms with Gasteiger partial charge in [-0.15, -0.1) is 20.4 Å². The maximum absolute atomic E-state index is 11.9. The predicted octanol–water partition coefficient (Wildman–Crippen LogP) is 2.39. The summed E-state index contributed by atoms with van der Waals surface area (Å²) in [5, 5.41) is 19.6. The minimum atomic E-state index is -3.33. The molecule has 0 aliphatic heterocycles. The number of nitrogens with one attached hydrogen (secondary N) is 2. The molecular weight excluding hydrogens is 424 g/mol. The van der Waals surface area contributed by atoms with Crippen LogP contribution in [0.25, 0.3) is 11.5 Å². The van der Waals surface area contributed by atoms with Crippen molar-refractivity contribution in [2.75, 3.05) is 21.5 Å². The van der Waals surface area contributed by atoms with Gasteiger partial charge in [-0.05, 0) is 38.1 Å². The maximum Gasteiger partial charge on any atom is 0.277 e. The quantitative estimate of drug-likeness (QED) is 0.505. The van der Waals surface area contributed by atoms with Gasteiger partial charge in [0.2, 0.25) is 27.0 Å². The summed E-state index contributed by atoms with van der Waals surface area (Å²) in [6.07, 6.45) is 0. The highest BCUT2D eigenvalue weighted by Gasteiger charge is 2.13. The molecule has 2 N–H and O–H groups in total. The van der Waals surface area contributed by atoms with Crippen LogP contribution in [0.1, 0.15) is 11.9 Å². The van der Waals surface area contributed by atoms with Crippen LogP contribution in [0.4, 0.5) is 10.8 Å². The Balaban J connectivity index is 1.57. The number of aromatic nitrogens is 4. The first kappa shape index (κ1) is 20.2. The molecule has 3 rings (SSSR count). The lowest BCUT2D eigenvalue weighted by atomic mass is 10.2. The summed E-state index contributed by atoms with van der Waals surface area (Å²) in [5.74, 6) is 0.0875. The number of hydrogen-bond donors (Lipinski definition) is 2. The molecule has 0 fully saturated rings. The predicted molar refractivity (Wildman–Crippen MR) is 107 cm³/mol. The van der Waals surface area contributed by atoms with Crippen molar-refractivity contribution in [3.05, 3.63) is 29.3 Å². The summed E-state index contributed by atoms with van der Waals surface area (Å²) in [6, 6.07) is 6.55. The van der Waals surface area contributed by atoms with Crippen LogP contribution in [-0.4, -0.2) is 46.2 Å². The highest BCUT2D eigenvalue weighted by Crippen LogP contribution is 2.25. The van der Waals surface area contributed by atoms with Crippen molar-refractivity contribution in [2.45, 2.75) is 19.1 Å². The molecule has 0 aliphatic carbocycles. The smallest absolute Gasteiger partial charge is 0.277 e. The van der Waals surface area contributed by atoms with Crippen molar-refractivity contribution in [3.63, 3.8) is 0 Å². The van der Waals surface area contributed by atoms with Crippen LogP contribution in [0.3, 0.4) is 0 Å². The number of sulfonamides is 1. The number of anilines is 2. The highest BCUT2D eigenvalue weighted by atomic mass is 32.2. The van der Waals surface area contributed by atoms with Crippen molar-refractivity contribution in [1.29, 1.82) is 0 Å². The average molecular weight is 441 g/mol. The van der Waals surface area contributed by atoms with Gasteiger partial charge in [0.05, 0.1) is 11.5 Å². The molecule has 0 spiro atoms. The first-order valence-electron chi connectivity index (χ1n) is 8.02. The van der Waals surface area contributed by atoms with Crippen LogP contribution in [0.2, 0.25) is 0 Å². The van der Waals surface area contributed by atoms with Gasteiger partial charge in [-0.3, -0.25) is 14.8 Å². The number of amides is 1. The van der Waals surface area contributed by atoms with E-state index in [2.05, 4.69) is 30.4 Å². The molecule has 28 heavy (non-hydrogen) atoms. The molecule has 148 valence electrons. The van der Waals surface area contributed by atoms with Crippen LogP contribution in [0.5, 0.6) is 0 Å². The van der Waals surface area contributed by atoms with E-state index in [1.54, 1.807) is 38.1 Å². The van der Waals surface area contributed by atoms with Gasteiger partial charge in [-0.25, -0.2) is 8.42 Å². The Morgan fingerprint density at radius 3 is 2.57 bits per heavy atom. The topological polar surface area (TPSA) is 140 Å². The van der Waals surface area contributed by atoms with Gasteiger partial charge in [0.15, 0.2) is 0 Å². The monoisotopic (exact) mass is 440 g/mol. The lowest BCUT2D eigenvalue weighted by Gasteiger charge is -2.05. The summed E-state index contributed by atoms with van der Waals surface area (Å²) < 4.78 is 31.1. The largest absolute Gasteiger partial charge is 0.411 e. The Hall–Kier alpha value is -2.51. The molecular formula is C15H16N6O4S3. The van der Waals surface area contributed by atoms with Gasteiger partial charge < -0.3 is 4.42 Å². The molecule has 10 nitrogen and oxygen atoms in total. The Morgan fingerprint density at radius 2 is 1.93 bits per heavy atom. The Labute approximate surface area is 169 Å². The number of carbonyl (C=O) groups is 1. The number of thioether (sulfide) groups is 1. The molecule has 0 saturated carbocycles. The molecule has 0 aliphatic rings. The summed E-state index contributed by atoms with van der Waals surface area (Å²) in [5.41, 5.74) is 1.08. The van der Waals surface area contributed by atoms with E-state index < -0.39 is 10.0 Å². The second-order valence-corrected chi connectivity index (χ2v) is 9.54. The van der Waals surface area contributed by atoms with Crippen molar-refractivity contribution < 1.29 is 17.6 Å². The highest BCUT2D eigenvalue weighted by molar-refractivity contribution is 7.99. The first-order valence-corrected chi connectivity index (χ1v) is 11.5. The van der Waals surface area contributed by atoms with E-state index in [0.29, 0.717) is 16.4 Å². The van der Waals surface area contributed by atoms with E-state index in [9.17, 15) is 13.2 Å². The van der Waals surface area contributed by atoms with Crippen LogP contribution in [0.15, 0.2) is 33.9 Å². The minimum absolute atomic E-state index is 0.00869. The van der Waals surface area contributed by atoms with E-state index >= 15 is 0 Å². The van der Waals surface area contributed by atoms with Gasteiger partial charge in [0, 0.05) is 11.3 Å². The fourth-order valence-electron chi connectivity index (χ4n) is 1.95. The average Bonchev–Trinajstić information content (AvgIpc) is 3.29. The molecule has 0 bridgehead atoms. The summed E-state index contributed by atoms with van der Waals surface area (Å²) >= 11 is 2.38. The maximum atomic E-state index is 11.9. The van der Waals surface area contributed by atoms with Gasteiger partial charge >= 0.3 is 0 Å². The van der Waals surface area contributed by atoms with Gasteiger partial charge in [-0.1, -0.05) is 23.1 Å². The molecule has 1 aromatic carbocycles. The number of aryl methyl sites for hydroxylation is 1. The van der Waals surface area contributed by atoms with E-state index in [-0.39, 0.29) is 28.5 Å². The summed E-state index contributed by atoms with van der Waals surface area (Å²) in [7, 11) is -3.33. The molecule has 0 radical (unpaired) electrons. The van der Waals surface area contributed by atoms with E-state index in [1.165, 1.54) is 11.3 Å². The number of benzene rings is 1. The van der Waals surface area contributed by atoms with Gasteiger partial charge in [-0.2, -0.15) is 0 Å². The molecule has 3 aromatic rings. The van der Waals surface area contributed by atoms with Crippen molar-refractivity contribution in [2.24, 2.45) is 0 Å². The normalized spacial score (nSPS) is 11.4. The molecule has 2 aromatic heterocycles. The van der Waals surface area contributed by atoms with E-state index in [1.807, 2.05) is 0 Å². The Morgan fingerprint density at radius 1 is 1.18 bits per heavy atom. The summed E-state index contributed by atoms with van der Waals surface area (Å²) in [6.45, 7) is 3.36. The number of rotatable bonds is 8. The number of nitrogens with zero attached hydrogens (tertiary/aromatic N) is 4. The zero-order valence-corrected chi connectivity index (χ0v) is 17.3. The molecule has 0 saturated heterocycles. The second kappa shape index (κ2) is 8.67. The van der Waals surface area contributed by atoms with E-state index in [0.717, 1.165) is 16.8 Å². The second-order valence-electron chi connectivity index (χ2n) is 5.42. The van der Waals surface area contributed by atoms with Crippen LogP contribution in [-0.2, 0) is 14.8 Å². The number of hydrogen-bond acceptors (Lipinski definition) is 10. The Kier molecular flexibility index (Phi) is 6.26. The van der Waals surface area contributed by atoms with Crippen molar-refractivity contribution >= 4 is 49.8 Å². The van der Waals surface area contributed by atoms with Crippen LogP contribution in [0, 0.1) is 6.92 Å². The third-order valence-corrected chi connectivity index (χ3v) is 6.17. The molecule has 2 heterocycles. The van der Waals surface area contributed by atoms with Crippen LogP contribution < -0.4 is 10.0 Å². The van der Waals surface area contributed by atoms with Gasteiger partial charge in [0.25, 0.3) is 5.22 Å². The lowest BCUT2D eigenvalue weighted by molar-refractivity contribution is -0.113. The number of carbonyl (C=O) groups excluding carboxylic acids is 1. The van der Waals surface area contributed by atoms with Crippen molar-refractivity contribution in [1.82, 2.24) is 20.4 Å². The van der Waals surface area contributed by atoms with Crippen LogP contribution >= 0.6 is 23.1 Å². The molecule has 13 heteroatoms. The Bertz CT molecular complexity index is 1060. The van der Waals surface area contributed by atoms with Crippen molar-refractivity contribution in [3.8, 4) is 11.5 Å². The zero-order chi connectivity index (χ0) is 20.1. The fourth-order valence-corrected chi connectivity index (χ4v) is 3.76. The summed E-state index contributed by atoms with van der Waals surface area (Å²) in [4.78, 5) is 11.9. The van der Waals surface area contributed by atoms with Gasteiger partial charge in [0.1, 0.15) is 5.01 Å². The molecule has 0 atom stereocenters. The first-order chi connectivity index (χ1) is 13.3. The fraction of sp³-hybridized carbons (Fsp3) is 0.267.